The largest absolute Gasteiger partial charge is 0.375 e. The van der Waals surface area contributed by atoms with E-state index >= 15 is 0 Å². The Hall–Kier alpha value is 0.220. The molecule has 0 aliphatic heterocycles. The fraction of sp³-hybridized carbons (Fsp3) is 1.00. The molecule has 1 atom stereocenters. The van der Waals surface area contributed by atoms with Gasteiger partial charge >= 0.3 is 0 Å². The van der Waals surface area contributed by atoms with Crippen molar-refractivity contribution in [3.05, 3.63) is 0 Å². The van der Waals surface area contributed by atoms with Gasteiger partial charge in [-0.1, -0.05) is 0 Å². The molecule has 0 saturated heterocycles. The summed E-state index contributed by atoms with van der Waals surface area (Å²) in [6.45, 7) is 0. The molecule has 6 heteroatoms. The molecule has 62 valence electrons. The summed E-state index contributed by atoms with van der Waals surface area (Å²) < 4.78 is 28.5. The lowest BCUT2D eigenvalue weighted by molar-refractivity contribution is 0.231. The molecule has 0 heterocycles. The lowest BCUT2D eigenvalue weighted by Crippen LogP contribution is -2.20. The van der Waals surface area contributed by atoms with Crippen LogP contribution in [0.4, 0.5) is 0 Å². The van der Waals surface area contributed by atoms with Crippen molar-refractivity contribution in [3.63, 3.8) is 0 Å². The summed E-state index contributed by atoms with van der Waals surface area (Å²) in [7, 11) is -4.23. The summed E-state index contributed by atoms with van der Waals surface area (Å²) in [5.74, 6) is 0.515. The van der Waals surface area contributed by atoms with Gasteiger partial charge < -0.3 is 5.11 Å². The molecule has 0 aliphatic carbocycles. The first-order chi connectivity index (χ1) is 4.48. The monoisotopic (exact) mass is 186 g/mol. The highest BCUT2D eigenvalue weighted by Crippen LogP contribution is 2.04. The van der Waals surface area contributed by atoms with Crippen molar-refractivity contribution in [2.75, 3.05) is 12.0 Å². The zero-order valence-electron chi connectivity index (χ0n) is 5.52. The van der Waals surface area contributed by atoms with Crippen molar-refractivity contribution in [2.24, 2.45) is 0 Å². The number of rotatable bonds is 4. The third kappa shape index (κ3) is 4.10. The highest BCUT2D eigenvalue weighted by molar-refractivity contribution is 7.98. The zero-order chi connectivity index (χ0) is 8.20. The van der Waals surface area contributed by atoms with Gasteiger partial charge in [0.2, 0.25) is 0 Å². The van der Waals surface area contributed by atoms with Crippen LogP contribution in [-0.2, 0) is 10.1 Å². The molecular formula is C4H10O4S2. The first-order valence-electron chi connectivity index (χ1n) is 2.61. The van der Waals surface area contributed by atoms with E-state index in [-0.39, 0.29) is 6.42 Å². The molecule has 2 N–H and O–H groups in total. The molecule has 0 rings (SSSR count). The maximum absolute atomic E-state index is 10.1. The first-order valence-corrected chi connectivity index (χ1v) is 5.51. The van der Waals surface area contributed by atoms with Crippen LogP contribution in [0.15, 0.2) is 0 Å². The molecule has 0 radical (unpaired) electrons. The van der Waals surface area contributed by atoms with Gasteiger partial charge in [-0.15, -0.1) is 0 Å². The predicted molar refractivity (Wildman–Crippen MR) is 40.6 cm³/mol. The Kier molecular flexibility index (Phi) is 4.26. The first kappa shape index (κ1) is 10.2. The van der Waals surface area contributed by atoms with Gasteiger partial charge in [-0.2, -0.15) is 20.2 Å². The number of aliphatic hydroxyl groups is 1. The van der Waals surface area contributed by atoms with E-state index in [1.54, 1.807) is 6.26 Å². The predicted octanol–water partition coefficient (Wildman–Crippen LogP) is -0.0543. The molecule has 0 saturated carbocycles. The lowest BCUT2D eigenvalue weighted by atomic mass is 10.5. The van der Waals surface area contributed by atoms with Crippen LogP contribution in [0, 0.1) is 0 Å². The molecule has 0 aromatic carbocycles. The van der Waals surface area contributed by atoms with E-state index in [0.29, 0.717) is 5.75 Å². The normalized spacial score (nSPS) is 15.1. The Balaban J connectivity index is 3.75. The van der Waals surface area contributed by atoms with E-state index in [2.05, 4.69) is 0 Å². The summed E-state index contributed by atoms with van der Waals surface area (Å²) >= 11 is 1.41. The van der Waals surface area contributed by atoms with Gasteiger partial charge in [0, 0.05) is 0 Å². The standard InChI is InChI=1S/C4H10O4S2/c1-9-3-2-4(5)10(6,7)8/h4-5H,2-3H2,1H3,(H,6,7,8). The Morgan fingerprint density at radius 2 is 2.10 bits per heavy atom. The fourth-order valence-electron chi connectivity index (χ4n) is 0.368. The van der Waals surface area contributed by atoms with E-state index in [1.807, 2.05) is 0 Å². The Morgan fingerprint density at radius 3 is 2.40 bits per heavy atom. The maximum Gasteiger partial charge on any atom is 0.292 e. The van der Waals surface area contributed by atoms with E-state index in [4.69, 9.17) is 9.66 Å². The second kappa shape index (κ2) is 4.17. The van der Waals surface area contributed by atoms with Gasteiger partial charge in [0.15, 0.2) is 5.44 Å². The smallest absolute Gasteiger partial charge is 0.292 e. The van der Waals surface area contributed by atoms with Crippen LogP contribution in [0.25, 0.3) is 0 Å². The van der Waals surface area contributed by atoms with Crippen LogP contribution >= 0.6 is 11.8 Å². The SMILES string of the molecule is CSCCC(O)S(=O)(=O)O. The van der Waals surface area contributed by atoms with Crippen molar-refractivity contribution in [1.82, 2.24) is 0 Å². The minimum Gasteiger partial charge on any atom is -0.375 e. The molecule has 0 aliphatic rings. The molecule has 0 aromatic rings. The Bertz CT molecular complexity index is 174. The molecule has 10 heavy (non-hydrogen) atoms. The molecular weight excluding hydrogens is 176 g/mol. The van der Waals surface area contributed by atoms with Crippen LogP contribution in [0.5, 0.6) is 0 Å². The van der Waals surface area contributed by atoms with Crippen LogP contribution in [0.2, 0.25) is 0 Å². The van der Waals surface area contributed by atoms with Gasteiger partial charge in [0.1, 0.15) is 0 Å². The van der Waals surface area contributed by atoms with Crippen LogP contribution < -0.4 is 0 Å². The van der Waals surface area contributed by atoms with Crippen LogP contribution in [0.3, 0.4) is 0 Å². The van der Waals surface area contributed by atoms with Crippen molar-refractivity contribution < 1.29 is 18.1 Å². The van der Waals surface area contributed by atoms with E-state index < -0.39 is 15.6 Å². The molecule has 1 unspecified atom stereocenters. The fourth-order valence-corrected chi connectivity index (χ4v) is 1.39. The molecule has 0 amide bonds. The Morgan fingerprint density at radius 1 is 1.60 bits per heavy atom. The number of hydrogen-bond acceptors (Lipinski definition) is 4. The minimum atomic E-state index is -4.23. The third-order valence-corrected chi connectivity index (χ3v) is 2.48. The van der Waals surface area contributed by atoms with Crippen molar-refractivity contribution >= 4 is 21.9 Å². The van der Waals surface area contributed by atoms with E-state index in [0.717, 1.165) is 0 Å². The highest BCUT2D eigenvalue weighted by atomic mass is 32.2. The summed E-state index contributed by atoms with van der Waals surface area (Å²) in [6, 6.07) is 0. The van der Waals surface area contributed by atoms with Gasteiger partial charge in [-0.05, 0) is 18.4 Å². The summed E-state index contributed by atoms with van der Waals surface area (Å²) in [6.07, 6.45) is 1.86. The molecule has 0 spiro atoms. The topological polar surface area (TPSA) is 74.6 Å². The quantitative estimate of drug-likeness (QED) is 0.602. The second-order valence-corrected chi connectivity index (χ2v) is 4.31. The molecule has 4 nitrogen and oxygen atoms in total. The number of hydrogen-bond donors (Lipinski definition) is 2. The van der Waals surface area contributed by atoms with E-state index in [9.17, 15) is 8.42 Å². The summed E-state index contributed by atoms with van der Waals surface area (Å²) in [5.41, 5.74) is -1.63. The van der Waals surface area contributed by atoms with Gasteiger partial charge in [-0.25, -0.2) is 0 Å². The van der Waals surface area contributed by atoms with Crippen molar-refractivity contribution in [1.29, 1.82) is 0 Å². The van der Waals surface area contributed by atoms with Gasteiger partial charge in [0.05, 0.1) is 0 Å². The van der Waals surface area contributed by atoms with Crippen LogP contribution in [0.1, 0.15) is 6.42 Å². The third-order valence-electron chi connectivity index (χ3n) is 0.913. The minimum absolute atomic E-state index is 0.0694. The average Bonchev–Trinajstić information content (AvgIpc) is 1.80. The maximum atomic E-state index is 10.1. The van der Waals surface area contributed by atoms with Crippen LogP contribution in [-0.4, -0.2) is 35.5 Å². The molecule has 0 fully saturated rings. The number of thioether (sulfide) groups is 1. The van der Waals surface area contributed by atoms with Gasteiger partial charge in [0.25, 0.3) is 10.1 Å². The lowest BCUT2D eigenvalue weighted by Gasteiger charge is -2.03. The second-order valence-electron chi connectivity index (χ2n) is 1.75. The highest BCUT2D eigenvalue weighted by Gasteiger charge is 2.17. The number of aliphatic hydroxyl groups excluding tert-OH is 1. The summed E-state index contributed by atoms with van der Waals surface area (Å²) in [4.78, 5) is 0. The Labute approximate surface area is 64.4 Å². The summed E-state index contributed by atoms with van der Waals surface area (Å²) in [5, 5.41) is 8.67. The zero-order valence-corrected chi connectivity index (χ0v) is 7.15. The molecule has 0 aromatic heterocycles. The van der Waals surface area contributed by atoms with Crippen molar-refractivity contribution in [2.45, 2.75) is 11.9 Å². The molecule has 0 bridgehead atoms. The van der Waals surface area contributed by atoms with Crippen molar-refractivity contribution in [3.8, 4) is 0 Å². The van der Waals surface area contributed by atoms with E-state index in [1.165, 1.54) is 11.8 Å². The van der Waals surface area contributed by atoms with Gasteiger partial charge in [-0.3, -0.25) is 4.55 Å². The average molecular weight is 186 g/mol.